The van der Waals surface area contributed by atoms with Crippen molar-refractivity contribution in [3.05, 3.63) is 17.2 Å². The molecule has 0 radical (unpaired) electrons. The lowest BCUT2D eigenvalue weighted by atomic mass is 9.75. The molecule has 0 unspecified atom stereocenters. The number of imidazole rings is 1. The average Bonchev–Trinajstić information content (AvgIpc) is 2.66. The molecule has 1 heterocycles. The van der Waals surface area contributed by atoms with E-state index in [9.17, 15) is 18.7 Å². The topological polar surface area (TPSA) is 58.4 Å². The molecule has 1 aromatic rings. The lowest BCUT2D eigenvalue weighted by molar-refractivity contribution is -0.223. The van der Waals surface area contributed by atoms with E-state index >= 15 is 0 Å². The van der Waals surface area contributed by atoms with Crippen molar-refractivity contribution in [1.82, 2.24) is 14.5 Å². The summed E-state index contributed by atoms with van der Waals surface area (Å²) in [7, 11) is 2.88. The van der Waals surface area contributed by atoms with Gasteiger partial charge in [0.05, 0.1) is 12.7 Å². The van der Waals surface area contributed by atoms with Crippen LogP contribution in [0.3, 0.4) is 0 Å². The van der Waals surface area contributed by atoms with Crippen molar-refractivity contribution in [2.75, 3.05) is 7.05 Å². The minimum Gasteiger partial charge on any atom is -0.383 e. The first-order valence-electron chi connectivity index (χ1n) is 6.21. The van der Waals surface area contributed by atoms with Gasteiger partial charge in [-0.05, 0) is 19.3 Å². The van der Waals surface area contributed by atoms with Crippen LogP contribution in [0.2, 0.25) is 5.15 Å². The molecule has 1 aromatic heterocycles. The number of alkyl halides is 2. The van der Waals surface area contributed by atoms with Crippen LogP contribution in [0.15, 0.2) is 6.20 Å². The van der Waals surface area contributed by atoms with E-state index in [2.05, 4.69) is 4.98 Å². The molecule has 112 valence electrons. The molecule has 1 amide bonds. The highest BCUT2D eigenvalue weighted by atomic mass is 35.5. The second-order valence-electron chi connectivity index (χ2n) is 5.18. The summed E-state index contributed by atoms with van der Waals surface area (Å²) < 4.78 is 29.5. The maximum absolute atomic E-state index is 14.0. The summed E-state index contributed by atoms with van der Waals surface area (Å²) in [6.07, 6.45) is 1.76. The standard InChI is InChI=1S/C12H16ClF2N3O2/c1-17(7-9-16-6-8(13)18(9)2)10(19)12(14,15)11(20)4-3-5-11/h6,20H,3-5,7H2,1-2H3. The molecule has 8 heteroatoms. The van der Waals surface area contributed by atoms with Crippen molar-refractivity contribution in [2.24, 2.45) is 7.05 Å². The van der Waals surface area contributed by atoms with E-state index in [1.807, 2.05) is 0 Å². The highest BCUT2D eigenvalue weighted by molar-refractivity contribution is 6.29. The SMILES string of the molecule is CN(Cc1ncc(Cl)n1C)C(=O)C(F)(F)C1(O)CCC1. The average molecular weight is 308 g/mol. The van der Waals surface area contributed by atoms with Crippen molar-refractivity contribution in [1.29, 1.82) is 0 Å². The van der Waals surface area contributed by atoms with E-state index in [1.54, 1.807) is 7.05 Å². The fraction of sp³-hybridized carbons (Fsp3) is 0.667. The molecule has 1 saturated carbocycles. The summed E-state index contributed by atoms with van der Waals surface area (Å²) in [4.78, 5) is 16.7. The lowest BCUT2D eigenvalue weighted by Crippen LogP contribution is -2.60. The van der Waals surface area contributed by atoms with Gasteiger partial charge in [0.1, 0.15) is 16.6 Å². The molecule has 0 spiro atoms. The van der Waals surface area contributed by atoms with Gasteiger partial charge in [0, 0.05) is 14.1 Å². The molecule has 0 saturated heterocycles. The van der Waals surface area contributed by atoms with Crippen molar-refractivity contribution >= 4 is 17.5 Å². The monoisotopic (exact) mass is 307 g/mol. The van der Waals surface area contributed by atoms with Gasteiger partial charge in [-0.3, -0.25) is 4.79 Å². The Hall–Kier alpha value is -1.21. The number of hydrogen-bond donors (Lipinski definition) is 1. The largest absolute Gasteiger partial charge is 0.383 e. The number of amides is 1. The van der Waals surface area contributed by atoms with Crippen LogP contribution in [-0.4, -0.2) is 44.0 Å². The molecule has 0 aromatic carbocycles. The van der Waals surface area contributed by atoms with E-state index in [0.29, 0.717) is 17.4 Å². The zero-order valence-corrected chi connectivity index (χ0v) is 12.0. The number of hydrogen-bond acceptors (Lipinski definition) is 3. The Morgan fingerprint density at radius 2 is 2.25 bits per heavy atom. The smallest absolute Gasteiger partial charge is 0.352 e. The van der Waals surface area contributed by atoms with Gasteiger partial charge in [0.25, 0.3) is 5.91 Å². The zero-order chi connectivity index (χ0) is 15.1. The van der Waals surface area contributed by atoms with Crippen LogP contribution in [0.4, 0.5) is 8.78 Å². The Morgan fingerprint density at radius 3 is 2.65 bits per heavy atom. The third-order valence-electron chi connectivity index (χ3n) is 3.79. The zero-order valence-electron chi connectivity index (χ0n) is 11.2. The highest BCUT2D eigenvalue weighted by Gasteiger charge is 2.61. The van der Waals surface area contributed by atoms with Crippen LogP contribution in [0.5, 0.6) is 0 Å². The summed E-state index contributed by atoms with van der Waals surface area (Å²) in [5.74, 6) is -4.80. The number of rotatable bonds is 4. The maximum Gasteiger partial charge on any atom is 0.352 e. The van der Waals surface area contributed by atoms with Gasteiger partial charge in [0.15, 0.2) is 0 Å². The van der Waals surface area contributed by atoms with Crippen molar-refractivity contribution in [3.63, 3.8) is 0 Å². The first-order chi connectivity index (χ1) is 9.19. The van der Waals surface area contributed by atoms with Gasteiger partial charge < -0.3 is 14.6 Å². The molecule has 0 atom stereocenters. The van der Waals surface area contributed by atoms with Crippen molar-refractivity contribution in [2.45, 2.75) is 37.3 Å². The van der Waals surface area contributed by atoms with Crippen LogP contribution >= 0.6 is 11.6 Å². The minimum absolute atomic E-state index is 0.0617. The number of halogens is 3. The highest BCUT2D eigenvalue weighted by Crippen LogP contribution is 2.45. The van der Waals surface area contributed by atoms with Crippen LogP contribution in [0.25, 0.3) is 0 Å². The van der Waals surface area contributed by atoms with Gasteiger partial charge in [-0.2, -0.15) is 8.78 Å². The number of carbonyl (C=O) groups is 1. The summed E-state index contributed by atoms with van der Waals surface area (Å²) in [6, 6.07) is 0. The molecule has 20 heavy (non-hydrogen) atoms. The van der Waals surface area contributed by atoms with Gasteiger partial charge >= 0.3 is 5.92 Å². The van der Waals surface area contributed by atoms with E-state index < -0.39 is 17.4 Å². The Kier molecular flexibility index (Phi) is 3.77. The maximum atomic E-state index is 14.0. The van der Waals surface area contributed by atoms with Crippen molar-refractivity contribution < 1.29 is 18.7 Å². The number of nitrogens with zero attached hydrogens (tertiary/aromatic N) is 3. The van der Waals surface area contributed by atoms with Gasteiger partial charge in [-0.15, -0.1) is 0 Å². The summed E-state index contributed by atoms with van der Waals surface area (Å²) in [5, 5.41) is 10.1. The minimum atomic E-state index is -3.78. The summed E-state index contributed by atoms with van der Waals surface area (Å²) >= 11 is 5.80. The molecular formula is C12H16ClF2N3O2. The molecule has 1 aliphatic carbocycles. The second-order valence-corrected chi connectivity index (χ2v) is 5.56. The first-order valence-corrected chi connectivity index (χ1v) is 6.59. The van der Waals surface area contributed by atoms with Crippen LogP contribution < -0.4 is 0 Å². The van der Waals surface area contributed by atoms with E-state index in [-0.39, 0.29) is 19.4 Å². The first kappa shape index (κ1) is 15.2. The third-order valence-corrected chi connectivity index (χ3v) is 4.14. The number of carbonyl (C=O) groups excluding carboxylic acids is 1. The molecular weight excluding hydrogens is 292 g/mol. The molecule has 1 fully saturated rings. The summed E-state index contributed by atoms with van der Waals surface area (Å²) in [6.45, 7) is -0.103. The fourth-order valence-electron chi connectivity index (χ4n) is 2.12. The quantitative estimate of drug-likeness (QED) is 0.919. The molecule has 0 aliphatic heterocycles. The van der Waals surface area contributed by atoms with Gasteiger partial charge in [-0.25, -0.2) is 4.98 Å². The van der Waals surface area contributed by atoms with Crippen LogP contribution in [0, 0.1) is 0 Å². The predicted molar refractivity (Wildman–Crippen MR) is 68.4 cm³/mol. The molecule has 2 rings (SSSR count). The molecule has 0 bridgehead atoms. The van der Waals surface area contributed by atoms with E-state index in [0.717, 1.165) is 4.90 Å². The van der Waals surface area contributed by atoms with Gasteiger partial charge in [0.2, 0.25) is 0 Å². The third kappa shape index (κ3) is 2.29. The molecule has 1 N–H and O–H groups in total. The predicted octanol–water partition coefficient (Wildman–Crippen LogP) is 1.58. The van der Waals surface area contributed by atoms with Crippen molar-refractivity contribution in [3.8, 4) is 0 Å². The van der Waals surface area contributed by atoms with Crippen LogP contribution in [-0.2, 0) is 18.4 Å². The van der Waals surface area contributed by atoms with E-state index in [1.165, 1.54) is 17.8 Å². The Labute approximate surface area is 120 Å². The van der Waals surface area contributed by atoms with E-state index in [4.69, 9.17) is 11.6 Å². The molecule has 5 nitrogen and oxygen atoms in total. The molecule has 1 aliphatic rings. The Morgan fingerprint density at radius 1 is 1.65 bits per heavy atom. The van der Waals surface area contributed by atoms with Crippen LogP contribution in [0.1, 0.15) is 25.1 Å². The normalized spacial score (nSPS) is 17.7. The summed E-state index contributed by atoms with van der Waals surface area (Å²) in [5.41, 5.74) is -2.21. The lowest BCUT2D eigenvalue weighted by Gasteiger charge is -2.42. The number of aromatic nitrogens is 2. The van der Waals surface area contributed by atoms with Gasteiger partial charge in [-0.1, -0.05) is 11.6 Å². The Bertz CT molecular complexity index is 529. The fourth-order valence-corrected chi connectivity index (χ4v) is 2.27. The second kappa shape index (κ2) is 4.96. The number of aliphatic hydroxyl groups is 1. The Balaban J connectivity index is 2.11.